The molecule has 1 aliphatic carbocycles. The van der Waals surface area contributed by atoms with Crippen LogP contribution in [-0.4, -0.2) is 94.4 Å². The Labute approximate surface area is 175 Å². The first kappa shape index (κ1) is 22.5. The van der Waals surface area contributed by atoms with E-state index in [0.717, 1.165) is 0 Å². The molecule has 2 amide bonds. The van der Waals surface area contributed by atoms with Crippen LogP contribution in [0.5, 0.6) is 0 Å². The fourth-order valence-corrected chi connectivity index (χ4v) is 4.55. The largest absolute Gasteiger partial charge is 0.480 e. The third kappa shape index (κ3) is 5.48. The van der Waals surface area contributed by atoms with E-state index in [9.17, 15) is 29.4 Å². The van der Waals surface area contributed by atoms with Gasteiger partial charge >= 0.3 is 11.9 Å². The fraction of sp³-hybridized carbons (Fsp3) is 0.800. The number of carboxylic acid groups (broad SMARTS) is 2. The predicted molar refractivity (Wildman–Crippen MR) is 103 cm³/mol. The molecule has 2 N–H and O–H groups in total. The van der Waals surface area contributed by atoms with Gasteiger partial charge in [0.2, 0.25) is 11.8 Å². The number of aliphatic carboxylic acids is 2. The molecular formula is C20H30N2O8. The highest BCUT2D eigenvalue weighted by molar-refractivity contribution is 5.85. The molecule has 2 saturated heterocycles. The number of likely N-dealkylation sites (tertiary alicyclic amines) is 2. The van der Waals surface area contributed by atoms with Gasteiger partial charge in [-0.2, -0.15) is 0 Å². The van der Waals surface area contributed by atoms with Gasteiger partial charge in [-0.05, 0) is 51.4 Å². The maximum atomic E-state index is 12.3. The standard InChI is InChI=1S/C20H30N2O8/c23-17(21-9-1-3-15(21)19(25)26)11-29-13-5-7-14(8-6-13)30-12-18(24)22-10-2-4-16(22)20(27)28/h13-16H,1-12H2,(H,25,26)(H,27,28). The zero-order chi connectivity index (χ0) is 21.7. The molecule has 2 unspecified atom stereocenters. The Morgan fingerprint density at radius 3 is 1.37 bits per heavy atom. The van der Waals surface area contributed by atoms with Crippen molar-refractivity contribution in [3.05, 3.63) is 0 Å². The summed E-state index contributed by atoms with van der Waals surface area (Å²) >= 11 is 0. The van der Waals surface area contributed by atoms with Gasteiger partial charge < -0.3 is 29.5 Å². The highest BCUT2D eigenvalue weighted by atomic mass is 16.5. The molecule has 0 aromatic carbocycles. The fourth-order valence-electron chi connectivity index (χ4n) is 4.55. The van der Waals surface area contributed by atoms with E-state index in [2.05, 4.69) is 0 Å². The zero-order valence-electron chi connectivity index (χ0n) is 17.0. The minimum atomic E-state index is -0.975. The van der Waals surface area contributed by atoms with Crippen LogP contribution in [0.1, 0.15) is 51.4 Å². The Kier molecular flexibility index (Phi) is 7.65. The van der Waals surface area contributed by atoms with Gasteiger partial charge in [0, 0.05) is 13.1 Å². The molecule has 0 radical (unpaired) electrons. The average Bonchev–Trinajstić information content (AvgIpc) is 3.40. The van der Waals surface area contributed by atoms with Crippen LogP contribution in [0.25, 0.3) is 0 Å². The lowest BCUT2D eigenvalue weighted by Gasteiger charge is -2.30. The second kappa shape index (κ2) is 10.2. The Morgan fingerprint density at radius 1 is 0.667 bits per heavy atom. The monoisotopic (exact) mass is 426 g/mol. The molecule has 2 atom stereocenters. The molecule has 0 aromatic heterocycles. The normalized spacial score (nSPS) is 29.2. The van der Waals surface area contributed by atoms with Crippen LogP contribution in [-0.2, 0) is 28.7 Å². The second-order valence-electron chi connectivity index (χ2n) is 8.19. The molecule has 3 rings (SSSR count). The molecule has 3 fully saturated rings. The summed E-state index contributed by atoms with van der Waals surface area (Å²) in [6.45, 7) is 0.662. The maximum absolute atomic E-state index is 12.3. The number of hydrogen-bond acceptors (Lipinski definition) is 6. The van der Waals surface area contributed by atoms with Crippen molar-refractivity contribution in [1.29, 1.82) is 0 Å². The molecule has 2 heterocycles. The Balaban J connectivity index is 1.34. The number of amides is 2. The van der Waals surface area contributed by atoms with Crippen LogP contribution in [0.4, 0.5) is 0 Å². The molecular weight excluding hydrogens is 396 g/mol. The molecule has 168 valence electrons. The summed E-state index contributed by atoms with van der Waals surface area (Å²) in [5.41, 5.74) is 0. The molecule has 1 saturated carbocycles. The maximum Gasteiger partial charge on any atom is 0.326 e. The van der Waals surface area contributed by atoms with Crippen LogP contribution in [0.15, 0.2) is 0 Å². The van der Waals surface area contributed by atoms with E-state index in [4.69, 9.17) is 9.47 Å². The highest BCUT2D eigenvalue weighted by Crippen LogP contribution is 2.25. The minimum Gasteiger partial charge on any atom is -0.480 e. The molecule has 0 bridgehead atoms. The van der Waals surface area contributed by atoms with E-state index in [-0.39, 0.29) is 37.2 Å². The predicted octanol–water partition coefficient (Wildman–Crippen LogP) is 0.482. The van der Waals surface area contributed by atoms with Gasteiger partial charge in [0.1, 0.15) is 25.3 Å². The van der Waals surface area contributed by atoms with Crippen molar-refractivity contribution in [2.24, 2.45) is 0 Å². The Morgan fingerprint density at radius 2 is 1.03 bits per heavy atom. The first-order valence-electron chi connectivity index (χ1n) is 10.6. The van der Waals surface area contributed by atoms with Crippen molar-refractivity contribution in [2.45, 2.75) is 75.7 Å². The van der Waals surface area contributed by atoms with Crippen molar-refractivity contribution in [3.63, 3.8) is 0 Å². The zero-order valence-corrected chi connectivity index (χ0v) is 17.0. The van der Waals surface area contributed by atoms with Crippen LogP contribution in [0.3, 0.4) is 0 Å². The summed E-state index contributed by atoms with van der Waals surface area (Å²) in [6, 6.07) is -1.50. The summed E-state index contributed by atoms with van der Waals surface area (Å²) in [5.74, 6) is -2.53. The lowest BCUT2D eigenvalue weighted by molar-refractivity contribution is -0.152. The van der Waals surface area contributed by atoms with Crippen molar-refractivity contribution < 1.29 is 38.9 Å². The van der Waals surface area contributed by atoms with Crippen molar-refractivity contribution >= 4 is 23.8 Å². The smallest absolute Gasteiger partial charge is 0.326 e. The highest BCUT2D eigenvalue weighted by Gasteiger charge is 2.35. The molecule has 2 aliphatic heterocycles. The third-order valence-corrected chi connectivity index (χ3v) is 6.22. The van der Waals surface area contributed by atoms with Gasteiger partial charge in [0.25, 0.3) is 0 Å². The SMILES string of the molecule is O=C(O)C1CCCN1C(=O)COC1CCC(OCC(=O)N2CCCC2C(=O)O)CC1. The first-order valence-corrected chi connectivity index (χ1v) is 10.6. The molecule has 10 nitrogen and oxygen atoms in total. The molecule has 0 spiro atoms. The molecule has 3 aliphatic rings. The number of carbonyl (C=O) groups excluding carboxylic acids is 2. The summed E-state index contributed by atoms with van der Waals surface area (Å²) < 4.78 is 11.4. The van der Waals surface area contributed by atoms with Gasteiger partial charge in [-0.15, -0.1) is 0 Å². The number of nitrogens with zero attached hydrogens (tertiary/aromatic N) is 2. The van der Waals surface area contributed by atoms with Gasteiger partial charge in [0.05, 0.1) is 12.2 Å². The number of carboxylic acids is 2. The topological polar surface area (TPSA) is 134 Å². The number of rotatable bonds is 8. The summed E-state index contributed by atoms with van der Waals surface area (Å²) in [6.07, 6.45) is 4.91. The van der Waals surface area contributed by atoms with Crippen LogP contribution >= 0.6 is 0 Å². The Hall–Kier alpha value is -2.20. The first-order chi connectivity index (χ1) is 14.4. The Bertz CT molecular complexity index is 605. The van der Waals surface area contributed by atoms with Crippen molar-refractivity contribution in [1.82, 2.24) is 9.80 Å². The van der Waals surface area contributed by atoms with Crippen molar-refractivity contribution in [2.75, 3.05) is 26.3 Å². The van der Waals surface area contributed by atoms with Gasteiger partial charge in [-0.3, -0.25) is 9.59 Å². The lowest BCUT2D eigenvalue weighted by atomic mass is 9.95. The second-order valence-corrected chi connectivity index (χ2v) is 8.19. The molecule has 0 aromatic rings. The number of carbonyl (C=O) groups is 4. The average molecular weight is 426 g/mol. The van der Waals surface area contributed by atoms with Crippen LogP contribution in [0.2, 0.25) is 0 Å². The van der Waals surface area contributed by atoms with Crippen LogP contribution < -0.4 is 0 Å². The van der Waals surface area contributed by atoms with E-state index in [0.29, 0.717) is 64.5 Å². The van der Waals surface area contributed by atoms with Gasteiger partial charge in [-0.25, -0.2) is 9.59 Å². The molecule has 30 heavy (non-hydrogen) atoms. The summed E-state index contributed by atoms with van der Waals surface area (Å²) in [5, 5.41) is 18.3. The lowest BCUT2D eigenvalue weighted by Crippen LogP contribution is -2.43. The van der Waals surface area contributed by atoms with E-state index in [1.54, 1.807) is 0 Å². The quantitative estimate of drug-likeness (QED) is 0.573. The van der Waals surface area contributed by atoms with E-state index >= 15 is 0 Å². The van der Waals surface area contributed by atoms with Gasteiger partial charge in [0.15, 0.2) is 0 Å². The number of ether oxygens (including phenoxy) is 2. The third-order valence-electron chi connectivity index (χ3n) is 6.22. The van der Waals surface area contributed by atoms with E-state index < -0.39 is 24.0 Å². The summed E-state index contributed by atoms with van der Waals surface area (Å²) in [7, 11) is 0. The molecule has 10 heteroatoms. The number of hydrogen-bond donors (Lipinski definition) is 2. The van der Waals surface area contributed by atoms with Gasteiger partial charge in [-0.1, -0.05) is 0 Å². The summed E-state index contributed by atoms with van der Waals surface area (Å²) in [4.78, 5) is 49.7. The minimum absolute atomic E-state index is 0.0923. The van der Waals surface area contributed by atoms with Crippen LogP contribution in [0, 0.1) is 0 Å². The van der Waals surface area contributed by atoms with E-state index in [1.165, 1.54) is 9.80 Å². The van der Waals surface area contributed by atoms with Crippen molar-refractivity contribution in [3.8, 4) is 0 Å². The van der Waals surface area contributed by atoms with E-state index in [1.807, 2.05) is 0 Å².